The zero-order chi connectivity index (χ0) is 13.9. The molecule has 0 bridgehead atoms. The van der Waals surface area contributed by atoms with Crippen molar-refractivity contribution >= 4 is 0 Å². The third kappa shape index (κ3) is 4.44. The van der Waals surface area contributed by atoms with Gasteiger partial charge in [-0.25, -0.2) is 0 Å². The Kier molecular flexibility index (Phi) is 5.27. The Labute approximate surface area is 119 Å². The molecule has 1 aliphatic carbocycles. The van der Waals surface area contributed by atoms with E-state index >= 15 is 0 Å². The monoisotopic (exact) mass is 267 g/mol. The molecule has 0 amide bonds. The minimum atomic E-state index is 0.219. The molecule has 1 aliphatic heterocycles. The number of hydrogen-bond acceptors (Lipinski definition) is 3. The summed E-state index contributed by atoms with van der Waals surface area (Å²) in [6, 6.07) is 0. The van der Waals surface area contributed by atoms with Crippen LogP contribution in [0.1, 0.15) is 46.5 Å². The second kappa shape index (κ2) is 6.55. The molecule has 1 heterocycles. The number of nitrogens with one attached hydrogen (secondary N) is 1. The van der Waals surface area contributed by atoms with Crippen molar-refractivity contribution in [2.24, 2.45) is 23.5 Å². The number of rotatable bonds is 7. The minimum Gasteiger partial charge on any atom is -0.329 e. The molecule has 1 saturated heterocycles. The summed E-state index contributed by atoms with van der Waals surface area (Å²) in [5.74, 6) is 2.59. The van der Waals surface area contributed by atoms with Crippen molar-refractivity contribution in [1.82, 2.24) is 10.2 Å². The van der Waals surface area contributed by atoms with Crippen LogP contribution in [0.5, 0.6) is 0 Å². The Balaban J connectivity index is 1.76. The van der Waals surface area contributed by atoms with E-state index in [9.17, 15) is 0 Å². The Hall–Kier alpha value is -0.120. The van der Waals surface area contributed by atoms with E-state index in [1.165, 1.54) is 45.3 Å². The van der Waals surface area contributed by atoms with Gasteiger partial charge in [0.25, 0.3) is 0 Å². The third-order valence-corrected chi connectivity index (χ3v) is 5.05. The summed E-state index contributed by atoms with van der Waals surface area (Å²) in [5.41, 5.74) is 6.30. The molecule has 0 spiro atoms. The summed E-state index contributed by atoms with van der Waals surface area (Å²) >= 11 is 0. The van der Waals surface area contributed by atoms with Gasteiger partial charge in [-0.15, -0.1) is 0 Å². The first-order chi connectivity index (χ1) is 9.04. The van der Waals surface area contributed by atoms with Crippen molar-refractivity contribution in [3.8, 4) is 0 Å². The number of hydrogen-bond donors (Lipinski definition) is 2. The van der Waals surface area contributed by atoms with E-state index in [-0.39, 0.29) is 5.54 Å². The first kappa shape index (κ1) is 15.3. The van der Waals surface area contributed by atoms with Crippen LogP contribution in [-0.2, 0) is 0 Å². The fourth-order valence-corrected chi connectivity index (χ4v) is 3.34. The molecule has 1 atom stereocenters. The van der Waals surface area contributed by atoms with Crippen molar-refractivity contribution in [3.63, 3.8) is 0 Å². The summed E-state index contributed by atoms with van der Waals surface area (Å²) in [7, 11) is 0. The van der Waals surface area contributed by atoms with Gasteiger partial charge < -0.3 is 16.0 Å². The largest absolute Gasteiger partial charge is 0.329 e. The van der Waals surface area contributed by atoms with Crippen molar-refractivity contribution in [3.05, 3.63) is 0 Å². The van der Waals surface area contributed by atoms with Crippen LogP contribution in [0.2, 0.25) is 0 Å². The Morgan fingerprint density at radius 1 is 1.21 bits per heavy atom. The highest BCUT2D eigenvalue weighted by atomic mass is 15.2. The van der Waals surface area contributed by atoms with Crippen LogP contribution >= 0.6 is 0 Å². The summed E-state index contributed by atoms with van der Waals surface area (Å²) in [6.07, 6.45) is 5.32. The normalized spacial score (nSPS) is 25.7. The van der Waals surface area contributed by atoms with Crippen molar-refractivity contribution < 1.29 is 0 Å². The van der Waals surface area contributed by atoms with Crippen molar-refractivity contribution in [2.75, 3.05) is 32.7 Å². The quantitative estimate of drug-likeness (QED) is 0.742. The maximum atomic E-state index is 6.08. The molecular weight excluding hydrogens is 234 g/mol. The SMILES string of the molecule is CC(C)CN1CCC(CN)(NCC(C)C2CC2)CC1. The lowest BCUT2D eigenvalue weighted by atomic mass is 9.86. The molecule has 0 aromatic carbocycles. The zero-order valence-electron chi connectivity index (χ0n) is 13.1. The van der Waals surface area contributed by atoms with Gasteiger partial charge in [0, 0.05) is 18.6 Å². The maximum absolute atomic E-state index is 6.08. The average molecular weight is 267 g/mol. The number of piperidine rings is 1. The van der Waals surface area contributed by atoms with Gasteiger partial charge in [-0.2, -0.15) is 0 Å². The third-order valence-electron chi connectivity index (χ3n) is 5.05. The Morgan fingerprint density at radius 3 is 2.32 bits per heavy atom. The first-order valence-corrected chi connectivity index (χ1v) is 8.22. The molecule has 2 aliphatic rings. The lowest BCUT2D eigenvalue weighted by molar-refractivity contribution is 0.124. The molecule has 3 N–H and O–H groups in total. The van der Waals surface area contributed by atoms with Crippen molar-refractivity contribution in [2.45, 2.75) is 52.0 Å². The molecule has 2 fully saturated rings. The highest BCUT2D eigenvalue weighted by Crippen LogP contribution is 2.36. The molecule has 0 radical (unpaired) electrons. The van der Waals surface area contributed by atoms with Gasteiger partial charge in [0.2, 0.25) is 0 Å². The Bertz CT molecular complexity index is 265. The molecule has 0 aromatic rings. The second-order valence-corrected chi connectivity index (χ2v) is 7.37. The van der Waals surface area contributed by atoms with E-state index in [1.807, 2.05) is 0 Å². The van der Waals surface area contributed by atoms with Crippen LogP contribution in [0.15, 0.2) is 0 Å². The van der Waals surface area contributed by atoms with E-state index in [1.54, 1.807) is 0 Å². The lowest BCUT2D eigenvalue weighted by Crippen LogP contribution is -2.58. The van der Waals surface area contributed by atoms with Crippen LogP contribution < -0.4 is 11.1 Å². The van der Waals surface area contributed by atoms with E-state index in [4.69, 9.17) is 5.73 Å². The summed E-state index contributed by atoms with van der Waals surface area (Å²) in [6.45, 7) is 12.6. The van der Waals surface area contributed by atoms with Gasteiger partial charge in [-0.3, -0.25) is 0 Å². The van der Waals surface area contributed by atoms with Gasteiger partial charge >= 0.3 is 0 Å². The van der Waals surface area contributed by atoms with Crippen LogP contribution in [-0.4, -0.2) is 43.2 Å². The topological polar surface area (TPSA) is 41.3 Å². The van der Waals surface area contributed by atoms with Gasteiger partial charge in [0.1, 0.15) is 0 Å². The molecule has 1 saturated carbocycles. The van der Waals surface area contributed by atoms with Crippen LogP contribution in [0.3, 0.4) is 0 Å². The number of nitrogens with zero attached hydrogens (tertiary/aromatic N) is 1. The molecule has 112 valence electrons. The molecule has 2 rings (SSSR count). The molecule has 3 heteroatoms. The number of nitrogens with two attached hydrogens (primary N) is 1. The molecule has 19 heavy (non-hydrogen) atoms. The predicted octanol–water partition coefficient (Wildman–Crippen LogP) is 2.07. The van der Waals surface area contributed by atoms with Crippen molar-refractivity contribution in [1.29, 1.82) is 0 Å². The number of likely N-dealkylation sites (tertiary alicyclic amines) is 1. The zero-order valence-corrected chi connectivity index (χ0v) is 13.1. The smallest absolute Gasteiger partial charge is 0.0328 e. The van der Waals surface area contributed by atoms with Crippen LogP contribution in [0.4, 0.5) is 0 Å². The summed E-state index contributed by atoms with van der Waals surface area (Å²) in [4.78, 5) is 2.60. The molecular formula is C16H33N3. The van der Waals surface area contributed by atoms with Crippen LogP contribution in [0, 0.1) is 17.8 Å². The first-order valence-electron chi connectivity index (χ1n) is 8.22. The molecule has 1 unspecified atom stereocenters. The fourth-order valence-electron chi connectivity index (χ4n) is 3.34. The van der Waals surface area contributed by atoms with E-state index in [0.717, 1.165) is 30.8 Å². The van der Waals surface area contributed by atoms with Gasteiger partial charge in [-0.1, -0.05) is 20.8 Å². The van der Waals surface area contributed by atoms with Crippen LogP contribution in [0.25, 0.3) is 0 Å². The molecule has 3 nitrogen and oxygen atoms in total. The minimum absolute atomic E-state index is 0.219. The highest BCUT2D eigenvalue weighted by Gasteiger charge is 2.35. The Morgan fingerprint density at radius 2 is 1.84 bits per heavy atom. The standard InChI is InChI=1S/C16H33N3/c1-13(2)11-19-8-6-16(12-17,7-9-19)18-10-14(3)15-4-5-15/h13-15,18H,4-12,17H2,1-3H3. The summed E-state index contributed by atoms with van der Waals surface area (Å²) < 4.78 is 0. The van der Waals surface area contributed by atoms with Gasteiger partial charge in [-0.05, 0) is 63.1 Å². The van der Waals surface area contributed by atoms with Gasteiger partial charge in [0.05, 0.1) is 0 Å². The second-order valence-electron chi connectivity index (χ2n) is 7.37. The van der Waals surface area contributed by atoms with E-state index in [2.05, 4.69) is 31.0 Å². The summed E-state index contributed by atoms with van der Waals surface area (Å²) in [5, 5.41) is 3.83. The predicted molar refractivity (Wildman–Crippen MR) is 82.2 cm³/mol. The maximum Gasteiger partial charge on any atom is 0.0328 e. The average Bonchev–Trinajstić information content (AvgIpc) is 3.22. The fraction of sp³-hybridized carbons (Fsp3) is 1.00. The van der Waals surface area contributed by atoms with E-state index in [0.29, 0.717) is 0 Å². The lowest BCUT2D eigenvalue weighted by Gasteiger charge is -2.43. The molecule has 0 aromatic heterocycles. The highest BCUT2D eigenvalue weighted by molar-refractivity contribution is 4.95. The van der Waals surface area contributed by atoms with E-state index < -0.39 is 0 Å². The van der Waals surface area contributed by atoms with Gasteiger partial charge in [0.15, 0.2) is 0 Å².